The maximum Gasteiger partial charge on any atom is 0.349 e. The van der Waals surface area contributed by atoms with E-state index in [-0.39, 0.29) is 24.2 Å². The van der Waals surface area contributed by atoms with Crippen LogP contribution in [0, 0.1) is 5.92 Å². The molecule has 1 heterocycles. The summed E-state index contributed by atoms with van der Waals surface area (Å²) in [5.41, 5.74) is 5.08. The summed E-state index contributed by atoms with van der Waals surface area (Å²) < 4.78 is 1.59. The Labute approximate surface area is 81.2 Å². The van der Waals surface area contributed by atoms with Gasteiger partial charge in [-0.3, -0.25) is 4.57 Å². The van der Waals surface area contributed by atoms with E-state index in [1.54, 1.807) is 16.8 Å². The second-order valence-corrected chi connectivity index (χ2v) is 3.62. The molecule has 1 saturated carbocycles. The smallest absolute Gasteiger partial charge is 0.349 e. The number of hydrogen-bond donors (Lipinski definition) is 2. The van der Waals surface area contributed by atoms with Gasteiger partial charge in [-0.15, -0.1) is 0 Å². The molecule has 5 nitrogen and oxygen atoms in total. The lowest BCUT2D eigenvalue weighted by atomic mass is 10.3. The van der Waals surface area contributed by atoms with Gasteiger partial charge in [0, 0.05) is 18.8 Å². The summed E-state index contributed by atoms with van der Waals surface area (Å²) in [5, 5.41) is 8.73. The van der Waals surface area contributed by atoms with Crippen molar-refractivity contribution in [2.24, 2.45) is 5.92 Å². The molecule has 0 unspecified atom stereocenters. The summed E-state index contributed by atoms with van der Waals surface area (Å²) in [6.07, 6.45) is 3.38. The summed E-state index contributed by atoms with van der Waals surface area (Å²) in [6, 6.07) is 1.83. The van der Waals surface area contributed by atoms with Crippen molar-refractivity contribution in [3.8, 4) is 0 Å². The van der Waals surface area contributed by atoms with Crippen LogP contribution in [0.1, 0.15) is 18.9 Å². The highest BCUT2D eigenvalue weighted by Gasteiger charge is 2.38. The number of nitrogens with zero attached hydrogens (tertiary/aromatic N) is 2. The molecule has 76 valence electrons. The van der Waals surface area contributed by atoms with Gasteiger partial charge >= 0.3 is 5.69 Å². The zero-order valence-electron chi connectivity index (χ0n) is 7.76. The predicted octanol–water partition coefficient (Wildman–Crippen LogP) is -0.231. The SMILES string of the molecule is Nc1ccn([C@H]2C[C@H]2CCO)c(=O)n1. The maximum absolute atomic E-state index is 11.4. The van der Waals surface area contributed by atoms with E-state index >= 15 is 0 Å². The molecule has 1 aliphatic rings. The molecule has 2 rings (SSSR count). The van der Waals surface area contributed by atoms with E-state index in [0.29, 0.717) is 5.92 Å². The maximum atomic E-state index is 11.4. The van der Waals surface area contributed by atoms with Crippen LogP contribution in [0.25, 0.3) is 0 Å². The minimum absolute atomic E-state index is 0.179. The molecule has 1 aliphatic carbocycles. The highest BCUT2D eigenvalue weighted by atomic mass is 16.3. The van der Waals surface area contributed by atoms with Crippen molar-refractivity contribution in [3.63, 3.8) is 0 Å². The molecule has 5 heteroatoms. The van der Waals surface area contributed by atoms with Gasteiger partial charge in [-0.05, 0) is 24.8 Å². The molecule has 0 aromatic carbocycles. The van der Waals surface area contributed by atoms with Gasteiger partial charge in [0.15, 0.2) is 0 Å². The fraction of sp³-hybridized carbons (Fsp3) is 0.556. The molecule has 0 bridgehead atoms. The molecule has 1 aromatic heterocycles. The van der Waals surface area contributed by atoms with E-state index in [1.807, 2.05) is 0 Å². The number of nitrogens with two attached hydrogens (primary N) is 1. The molecule has 0 amide bonds. The number of aliphatic hydroxyl groups excluding tert-OH is 1. The Balaban J connectivity index is 2.15. The zero-order chi connectivity index (χ0) is 10.1. The van der Waals surface area contributed by atoms with Crippen LogP contribution in [0.2, 0.25) is 0 Å². The third kappa shape index (κ3) is 1.63. The summed E-state index contributed by atoms with van der Waals surface area (Å²) in [4.78, 5) is 15.0. The van der Waals surface area contributed by atoms with Crippen molar-refractivity contribution in [1.29, 1.82) is 0 Å². The Hall–Kier alpha value is -1.36. The first-order valence-electron chi connectivity index (χ1n) is 4.68. The first-order valence-corrected chi connectivity index (χ1v) is 4.68. The lowest BCUT2D eigenvalue weighted by molar-refractivity contribution is 0.276. The Morgan fingerprint density at radius 3 is 3.14 bits per heavy atom. The van der Waals surface area contributed by atoms with E-state index in [2.05, 4.69) is 4.98 Å². The second-order valence-electron chi connectivity index (χ2n) is 3.62. The van der Waals surface area contributed by atoms with Crippen LogP contribution in [-0.2, 0) is 0 Å². The topological polar surface area (TPSA) is 81.1 Å². The lowest BCUT2D eigenvalue weighted by Gasteiger charge is -2.03. The molecule has 1 aromatic rings. The van der Waals surface area contributed by atoms with E-state index in [4.69, 9.17) is 10.8 Å². The number of nitrogen functional groups attached to an aromatic ring is 1. The molecule has 0 saturated heterocycles. The summed E-state index contributed by atoms with van der Waals surface area (Å²) in [5.74, 6) is 0.675. The minimum Gasteiger partial charge on any atom is -0.396 e. The number of rotatable bonds is 3. The van der Waals surface area contributed by atoms with Crippen molar-refractivity contribution in [2.75, 3.05) is 12.3 Å². The molecule has 14 heavy (non-hydrogen) atoms. The third-order valence-corrected chi connectivity index (χ3v) is 2.59. The average Bonchev–Trinajstić information content (AvgIpc) is 2.84. The molecule has 0 radical (unpaired) electrons. The first-order chi connectivity index (χ1) is 6.72. The number of aromatic nitrogens is 2. The average molecular weight is 195 g/mol. The summed E-state index contributed by atoms with van der Waals surface area (Å²) >= 11 is 0. The molecule has 1 fully saturated rings. The summed E-state index contributed by atoms with van der Waals surface area (Å²) in [7, 11) is 0. The predicted molar refractivity (Wildman–Crippen MR) is 51.8 cm³/mol. The molecule has 2 atom stereocenters. The van der Waals surface area contributed by atoms with E-state index < -0.39 is 0 Å². The van der Waals surface area contributed by atoms with Crippen molar-refractivity contribution in [2.45, 2.75) is 18.9 Å². The number of aliphatic hydroxyl groups is 1. The van der Waals surface area contributed by atoms with Crippen molar-refractivity contribution >= 4 is 5.82 Å². The van der Waals surface area contributed by atoms with Crippen molar-refractivity contribution < 1.29 is 5.11 Å². The molecular weight excluding hydrogens is 182 g/mol. The van der Waals surface area contributed by atoms with Crippen LogP contribution in [-0.4, -0.2) is 21.3 Å². The fourth-order valence-corrected chi connectivity index (χ4v) is 1.73. The van der Waals surface area contributed by atoms with Crippen LogP contribution in [0.3, 0.4) is 0 Å². The standard InChI is InChI=1S/C9H13N3O2/c10-8-1-3-12(9(14)11-8)7-5-6(7)2-4-13/h1,3,6-7,13H,2,4-5H2,(H2,10,11,14)/t6-,7+/m1/s1. The quantitative estimate of drug-likeness (QED) is 0.698. The highest BCUT2D eigenvalue weighted by Crippen LogP contribution is 2.44. The van der Waals surface area contributed by atoms with Gasteiger partial charge in [-0.1, -0.05) is 0 Å². The first kappa shape index (κ1) is 9.21. The number of hydrogen-bond acceptors (Lipinski definition) is 4. The molecule has 0 spiro atoms. The Kier molecular flexibility index (Phi) is 2.25. The van der Waals surface area contributed by atoms with Gasteiger partial charge in [0.05, 0.1) is 0 Å². The number of anilines is 1. The second kappa shape index (κ2) is 3.42. The Morgan fingerprint density at radius 2 is 2.50 bits per heavy atom. The van der Waals surface area contributed by atoms with Crippen LogP contribution in [0.4, 0.5) is 5.82 Å². The Morgan fingerprint density at radius 1 is 1.71 bits per heavy atom. The fourth-order valence-electron chi connectivity index (χ4n) is 1.73. The monoisotopic (exact) mass is 195 g/mol. The molecular formula is C9H13N3O2. The van der Waals surface area contributed by atoms with E-state index in [0.717, 1.165) is 12.8 Å². The normalized spacial score (nSPS) is 24.9. The van der Waals surface area contributed by atoms with Crippen molar-refractivity contribution in [1.82, 2.24) is 9.55 Å². The van der Waals surface area contributed by atoms with Crippen molar-refractivity contribution in [3.05, 3.63) is 22.7 Å². The van der Waals surface area contributed by atoms with Gasteiger partial charge in [0.1, 0.15) is 5.82 Å². The highest BCUT2D eigenvalue weighted by molar-refractivity contribution is 5.24. The zero-order valence-corrected chi connectivity index (χ0v) is 7.76. The van der Waals surface area contributed by atoms with E-state index in [1.165, 1.54) is 0 Å². The third-order valence-electron chi connectivity index (χ3n) is 2.59. The molecule has 3 N–H and O–H groups in total. The van der Waals surface area contributed by atoms with Gasteiger partial charge < -0.3 is 10.8 Å². The van der Waals surface area contributed by atoms with E-state index in [9.17, 15) is 4.79 Å². The van der Waals surface area contributed by atoms with Crippen LogP contribution >= 0.6 is 0 Å². The van der Waals surface area contributed by atoms with Crippen LogP contribution < -0.4 is 11.4 Å². The van der Waals surface area contributed by atoms with Crippen LogP contribution in [0.5, 0.6) is 0 Å². The Bertz CT molecular complexity index is 388. The van der Waals surface area contributed by atoms with Gasteiger partial charge in [-0.25, -0.2) is 4.79 Å². The minimum atomic E-state index is -0.296. The van der Waals surface area contributed by atoms with Gasteiger partial charge in [0.2, 0.25) is 0 Å². The van der Waals surface area contributed by atoms with Crippen LogP contribution in [0.15, 0.2) is 17.1 Å². The van der Waals surface area contributed by atoms with Gasteiger partial charge in [0.25, 0.3) is 0 Å². The largest absolute Gasteiger partial charge is 0.396 e. The molecule has 0 aliphatic heterocycles. The van der Waals surface area contributed by atoms with Gasteiger partial charge in [-0.2, -0.15) is 4.98 Å². The lowest BCUT2D eigenvalue weighted by Crippen LogP contribution is -2.22. The summed E-state index contributed by atoms with van der Waals surface area (Å²) in [6.45, 7) is 0.179.